The van der Waals surface area contributed by atoms with E-state index in [1.165, 1.54) is 0 Å². The highest BCUT2D eigenvalue weighted by atomic mass is 35.5. The molecule has 1 aliphatic rings. The number of ether oxygens (including phenoxy) is 2. The average molecular weight is 381 g/mol. The molecule has 0 atom stereocenters. The molecule has 0 saturated heterocycles. The normalized spacial score (nSPS) is 14.6. The van der Waals surface area contributed by atoms with Gasteiger partial charge in [-0.15, -0.1) is 0 Å². The van der Waals surface area contributed by atoms with Crippen molar-refractivity contribution in [1.29, 1.82) is 0 Å². The minimum Gasteiger partial charge on any atom is -0.493 e. The van der Waals surface area contributed by atoms with Crippen LogP contribution >= 0.6 is 23.2 Å². The molecule has 0 radical (unpaired) electrons. The van der Waals surface area contributed by atoms with E-state index in [2.05, 4.69) is 10.6 Å². The number of methoxy groups -OCH3 is 2. The molecule has 2 N–H and O–H groups in total. The Bertz CT molecular complexity index is 807. The molecule has 3 rings (SSSR count). The Kier molecular flexibility index (Phi) is 4.97. The lowest BCUT2D eigenvalue weighted by Gasteiger charge is -2.20. The molecule has 1 saturated carbocycles. The minimum atomic E-state index is -0.408. The zero-order valence-electron chi connectivity index (χ0n) is 13.9. The summed E-state index contributed by atoms with van der Waals surface area (Å²) in [6.07, 6.45) is 1.69. The Hall–Kier alpha value is -2.11. The van der Waals surface area contributed by atoms with E-state index < -0.39 is 5.54 Å². The van der Waals surface area contributed by atoms with E-state index in [0.717, 1.165) is 18.4 Å². The van der Waals surface area contributed by atoms with Gasteiger partial charge in [0.1, 0.15) is 0 Å². The Morgan fingerprint density at radius 2 is 1.80 bits per heavy atom. The molecule has 2 amide bonds. The first-order chi connectivity index (χ1) is 12.0. The fraction of sp³-hybridized carbons (Fsp3) is 0.278. The fourth-order valence-corrected chi connectivity index (χ4v) is 3.06. The standard InChI is InChI=1S/C18H18Cl2N2O3/c1-24-14-7-6-11(10-15(14)25-2)18(8-9-18)22-17(23)21-13-5-3-4-12(19)16(13)20/h3-7,10H,8-9H2,1-2H3,(H2,21,22,23). The van der Waals surface area contributed by atoms with Crippen molar-refractivity contribution in [1.82, 2.24) is 5.32 Å². The van der Waals surface area contributed by atoms with Gasteiger partial charge in [-0.3, -0.25) is 0 Å². The molecule has 2 aromatic carbocycles. The van der Waals surface area contributed by atoms with Gasteiger partial charge in [0.25, 0.3) is 0 Å². The summed E-state index contributed by atoms with van der Waals surface area (Å²) in [7, 11) is 3.17. The van der Waals surface area contributed by atoms with Gasteiger partial charge in [-0.1, -0.05) is 35.3 Å². The van der Waals surface area contributed by atoms with Crippen molar-refractivity contribution >= 4 is 34.9 Å². The van der Waals surface area contributed by atoms with Crippen LogP contribution in [0, 0.1) is 0 Å². The number of rotatable bonds is 5. The predicted octanol–water partition coefficient (Wildman–Crippen LogP) is 4.82. The molecule has 0 unspecified atom stereocenters. The lowest BCUT2D eigenvalue weighted by molar-refractivity contribution is 0.247. The number of urea groups is 1. The number of amides is 2. The number of hydrogen-bond acceptors (Lipinski definition) is 3. The number of anilines is 1. The van der Waals surface area contributed by atoms with Crippen molar-refractivity contribution in [3.63, 3.8) is 0 Å². The number of halogens is 2. The number of nitrogens with one attached hydrogen (secondary N) is 2. The third kappa shape index (κ3) is 3.62. The molecule has 0 aromatic heterocycles. The summed E-state index contributed by atoms with van der Waals surface area (Å²) < 4.78 is 10.6. The Labute approximate surface area is 156 Å². The topological polar surface area (TPSA) is 59.6 Å². The second kappa shape index (κ2) is 7.02. The monoisotopic (exact) mass is 380 g/mol. The van der Waals surface area contributed by atoms with E-state index in [1.54, 1.807) is 32.4 Å². The van der Waals surface area contributed by atoms with Crippen molar-refractivity contribution in [2.45, 2.75) is 18.4 Å². The number of carbonyl (C=O) groups is 1. The third-order valence-electron chi connectivity index (χ3n) is 4.24. The molecule has 2 aromatic rings. The summed E-state index contributed by atoms with van der Waals surface area (Å²) in [5, 5.41) is 6.47. The molecule has 132 valence electrons. The van der Waals surface area contributed by atoms with Crippen molar-refractivity contribution < 1.29 is 14.3 Å². The molecule has 0 spiro atoms. The van der Waals surface area contributed by atoms with Crippen molar-refractivity contribution in [2.75, 3.05) is 19.5 Å². The van der Waals surface area contributed by atoms with Crippen LogP contribution in [0.1, 0.15) is 18.4 Å². The molecular formula is C18H18Cl2N2O3. The first-order valence-electron chi connectivity index (χ1n) is 7.75. The maximum Gasteiger partial charge on any atom is 0.319 e. The summed E-state index contributed by atoms with van der Waals surface area (Å²) in [5.41, 5.74) is 1.03. The smallest absolute Gasteiger partial charge is 0.319 e. The van der Waals surface area contributed by atoms with Gasteiger partial charge in [0.15, 0.2) is 11.5 Å². The molecular weight excluding hydrogens is 363 g/mol. The number of carbonyl (C=O) groups excluding carboxylic acids is 1. The Balaban J connectivity index is 1.76. The average Bonchev–Trinajstić information content (AvgIpc) is 3.38. The highest BCUT2D eigenvalue weighted by molar-refractivity contribution is 6.43. The molecule has 7 heteroatoms. The van der Waals surface area contributed by atoms with Gasteiger partial charge < -0.3 is 20.1 Å². The van der Waals surface area contributed by atoms with Gasteiger partial charge in [0.05, 0.1) is 35.5 Å². The van der Waals surface area contributed by atoms with Gasteiger partial charge >= 0.3 is 6.03 Å². The predicted molar refractivity (Wildman–Crippen MR) is 99.1 cm³/mol. The summed E-state index contributed by atoms with van der Waals surface area (Å²) in [4.78, 5) is 12.4. The van der Waals surface area contributed by atoms with E-state index in [0.29, 0.717) is 27.2 Å². The molecule has 0 bridgehead atoms. The lowest BCUT2D eigenvalue weighted by atomic mass is 10.0. The zero-order valence-corrected chi connectivity index (χ0v) is 15.4. The van der Waals surface area contributed by atoms with Crippen LogP contribution < -0.4 is 20.1 Å². The van der Waals surface area contributed by atoms with Crippen molar-refractivity contribution in [3.05, 3.63) is 52.0 Å². The molecule has 0 aliphatic heterocycles. The molecule has 1 fully saturated rings. The van der Waals surface area contributed by atoms with E-state index in [-0.39, 0.29) is 6.03 Å². The summed E-state index contributed by atoms with van der Waals surface area (Å²) in [5.74, 6) is 1.28. The van der Waals surface area contributed by atoms with Crippen LogP contribution in [0.5, 0.6) is 11.5 Å². The minimum absolute atomic E-state index is 0.315. The maximum atomic E-state index is 12.4. The lowest BCUT2D eigenvalue weighted by Crippen LogP contribution is -2.38. The van der Waals surface area contributed by atoms with Crippen molar-refractivity contribution in [3.8, 4) is 11.5 Å². The van der Waals surface area contributed by atoms with E-state index in [1.807, 2.05) is 18.2 Å². The van der Waals surface area contributed by atoms with E-state index in [4.69, 9.17) is 32.7 Å². The second-order valence-electron chi connectivity index (χ2n) is 5.83. The van der Waals surface area contributed by atoms with Gasteiger partial charge in [0, 0.05) is 0 Å². The van der Waals surface area contributed by atoms with Crippen LogP contribution in [-0.4, -0.2) is 20.3 Å². The quantitative estimate of drug-likeness (QED) is 0.781. The van der Waals surface area contributed by atoms with Gasteiger partial charge in [-0.05, 0) is 42.7 Å². The maximum absolute atomic E-state index is 12.4. The van der Waals surface area contributed by atoms with Gasteiger partial charge in [0.2, 0.25) is 0 Å². The van der Waals surface area contributed by atoms with E-state index in [9.17, 15) is 4.79 Å². The highest BCUT2D eigenvalue weighted by Gasteiger charge is 2.46. The molecule has 25 heavy (non-hydrogen) atoms. The summed E-state index contributed by atoms with van der Waals surface area (Å²) in [6.45, 7) is 0. The molecule has 0 heterocycles. The summed E-state index contributed by atoms with van der Waals surface area (Å²) in [6, 6.07) is 10.4. The molecule has 5 nitrogen and oxygen atoms in total. The first-order valence-corrected chi connectivity index (χ1v) is 8.50. The van der Waals surface area contributed by atoms with Crippen LogP contribution in [0.25, 0.3) is 0 Å². The van der Waals surface area contributed by atoms with Crippen LogP contribution in [0.15, 0.2) is 36.4 Å². The number of benzene rings is 2. The van der Waals surface area contributed by atoms with Crippen LogP contribution in [0.3, 0.4) is 0 Å². The molecule has 1 aliphatic carbocycles. The van der Waals surface area contributed by atoms with Crippen LogP contribution in [0.4, 0.5) is 10.5 Å². The first kappa shape index (κ1) is 17.7. The largest absolute Gasteiger partial charge is 0.493 e. The van der Waals surface area contributed by atoms with Crippen molar-refractivity contribution in [2.24, 2.45) is 0 Å². The van der Waals surface area contributed by atoms with Gasteiger partial charge in [-0.25, -0.2) is 4.79 Å². The van der Waals surface area contributed by atoms with Crippen LogP contribution in [-0.2, 0) is 5.54 Å². The Morgan fingerprint density at radius 3 is 2.44 bits per heavy atom. The van der Waals surface area contributed by atoms with Gasteiger partial charge in [-0.2, -0.15) is 0 Å². The third-order valence-corrected chi connectivity index (χ3v) is 5.06. The Morgan fingerprint density at radius 1 is 1.08 bits per heavy atom. The highest BCUT2D eigenvalue weighted by Crippen LogP contribution is 2.47. The zero-order chi connectivity index (χ0) is 18.0. The SMILES string of the molecule is COc1ccc(C2(NC(=O)Nc3cccc(Cl)c3Cl)CC2)cc1OC. The summed E-state index contributed by atoms with van der Waals surface area (Å²) >= 11 is 12.1. The second-order valence-corrected chi connectivity index (χ2v) is 6.62. The fourth-order valence-electron chi connectivity index (χ4n) is 2.72. The van der Waals surface area contributed by atoms with Crippen LogP contribution in [0.2, 0.25) is 10.0 Å². The van der Waals surface area contributed by atoms with E-state index >= 15 is 0 Å². The number of hydrogen-bond donors (Lipinski definition) is 2.